The Morgan fingerprint density at radius 1 is 0.897 bits per heavy atom. The molecule has 1 N–H and O–H groups in total. The summed E-state index contributed by atoms with van der Waals surface area (Å²) in [5, 5.41) is 2.91. The Bertz CT molecular complexity index is 929. The summed E-state index contributed by atoms with van der Waals surface area (Å²) in [7, 11) is 0. The van der Waals surface area contributed by atoms with Crippen LogP contribution in [-0.2, 0) is 16.6 Å². The highest BCUT2D eigenvalue weighted by Gasteiger charge is 2.23. The van der Waals surface area contributed by atoms with E-state index >= 15 is 0 Å². The molecule has 3 aromatic carbocycles. The van der Waals surface area contributed by atoms with Gasteiger partial charge in [0.15, 0.2) is 6.10 Å². The molecule has 0 aromatic heterocycles. The van der Waals surface area contributed by atoms with Crippen molar-refractivity contribution in [2.24, 2.45) is 0 Å². The average molecular weight is 388 g/mol. The molecule has 0 spiro atoms. The lowest BCUT2D eigenvalue weighted by atomic mass is 9.78. The van der Waals surface area contributed by atoms with Gasteiger partial charge in [-0.05, 0) is 54.3 Å². The van der Waals surface area contributed by atoms with E-state index < -0.39 is 6.10 Å². The summed E-state index contributed by atoms with van der Waals surface area (Å²) in [6.45, 7) is 8.28. The molecule has 1 atom stereocenters. The fourth-order valence-electron chi connectivity index (χ4n) is 3.30. The fraction of sp³-hybridized carbons (Fsp3) is 0.269. The molecular weight excluding hydrogens is 358 g/mol. The molecule has 0 radical (unpaired) electrons. The van der Waals surface area contributed by atoms with Gasteiger partial charge in [-0.3, -0.25) is 4.79 Å². The summed E-state index contributed by atoms with van der Waals surface area (Å²) in [6, 6.07) is 26.3. The minimum absolute atomic E-state index is 0.104. The number of aryl methyl sites for hydroxylation is 1. The van der Waals surface area contributed by atoms with Gasteiger partial charge in [0.25, 0.3) is 5.91 Å². The summed E-state index contributed by atoms with van der Waals surface area (Å²) >= 11 is 0. The molecule has 0 saturated heterocycles. The molecule has 0 aliphatic heterocycles. The smallest absolute Gasteiger partial charge is 0.265 e. The summed E-state index contributed by atoms with van der Waals surface area (Å²) in [4.78, 5) is 12.4. The molecular formula is C26H29NO2. The third-order valence-electron chi connectivity index (χ3n) is 5.38. The van der Waals surface area contributed by atoms with Crippen molar-refractivity contribution in [3.63, 3.8) is 0 Å². The highest BCUT2D eigenvalue weighted by atomic mass is 16.5. The van der Waals surface area contributed by atoms with Crippen LogP contribution in [-0.4, -0.2) is 12.0 Å². The first-order chi connectivity index (χ1) is 13.9. The molecule has 3 heteroatoms. The maximum Gasteiger partial charge on any atom is 0.265 e. The van der Waals surface area contributed by atoms with Gasteiger partial charge in [-0.25, -0.2) is 0 Å². The van der Waals surface area contributed by atoms with Gasteiger partial charge in [0.2, 0.25) is 0 Å². The van der Waals surface area contributed by atoms with Crippen LogP contribution in [0.5, 0.6) is 5.75 Å². The van der Waals surface area contributed by atoms with Crippen LogP contribution in [0.1, 0.15) is 44.4 Å². The second-order valence-corrected chi connectivity index (χ2v) is 7.82. The second-order valence-electron chi connectivity index (χ2n) is 7.82. The SMILES string of the molecule is CCc1ccc(NC(=O)C(C)Oc2ccc(C(C)(C)c3ccccc3)cc2)cc1. The van der Waals surface area contributed by atoms with Gasteiger partial charge in [-0.2, -0.15) is 0 Å². The van der Waals surface area contributed by atoms with Crippen molar-refractivity contribution in [3.8, 4) is 5.75 Å². The number of amides is 1. The first kappa shape index (κ1) is 20.7. The molecule has 3 aromatic rings. The number of nitrogens with one attached hydrogen (secondary N) is 1. The molecule has 1 unspecified atom stereocenters. The van der Waals surface area contributed by atoms with Gasteiger partial charge < -0.3 is 10.1 Å². The number of benzene rings is 3. The average Bonchev–Trinajstić information content (AvgIpc) is 2.75. The van der Waals surface area contributed by atoms with E-state index in [0.29, 0.717) is 5.75 Å². The summed E-state index contributed by atoms with van der Waals surface area (Å²) in [5.41, 5.74) is 4.38. The van der Waals surface area contributed by atoms with E-state index in [2.05, 4.69) is 62.5 Å². The molecule has 1 amide bonds. The van der Waals surface area contributed by atoms with Gasteiger partial charge in [-0.15, -0.1) is 0 Å². The van der Waals surface area contributed by atoms with E-state index in [-0.39, 0.29) is 11.3 Å². The number of rotatable bonds is 7. The summed E-state index contributed by atoms with van der Waals surface area (Å²) in [6.07, 6.45) is 0.388. The van der Waals surface area contributed by atoms with Crippen LogP contribution in [0.4, 0.5) is 5.69 Å². The van der Waals surface area contributed by atoms with Crippen LogP contribution < -0.4 is 10.1 Å². The number of carbonyl (C=O) groups is 1. The van der Waals surface area contributed by atoms with Crippen LogP contribution in [0.15, 0.2) is 78.9 Å². The summed E-state index contributed by atoms with van der Waals surface area (Å²) < 4.78 is 5.85. The van der Waals surface area contributed by atoms with Gasteiger partial charge in [0.1, 0.15) is 5.75 Å². The lowest BCUT2D eigenvalue weighted by Gasteiger charge is -2.26. The lowest BCUT2D eigenvalue weighted by molar-refractivity contribution is -0.122. The Balaban J connectivity index is 1.63. The van der Waals surface area contributed by atoms with Crippen molar-refractivity contribution in [1.29, 1.82) is 0 Å². The van der Waals surface area contributed by atoms with Crippen LogP contribution in [0.3, 0.4) is 0 Å². The van der Waals surface area contributed by atoms with E-state index in [4.69, 9.17) is 4.74 Å². The van der Waals surface area contributed by atoms with Gasteiger partial charge in [0, 0.05) is 11.1 Å². The largest absolute Gasteiger partial charge is 0.481 e. The first-order valence-electron chi connectivity index (χ1n) is 10.1. The third kappa shape index (κ3) is 5.05. The number of hydrogen-bond acceptors (Lipinski definition) is 2. The maximum absolute atomic E-state index is 12.4. The van der Waals surface area contributed by atoms with Crippen LogP contribution >= 0.6 is 0 Å². The Kier molecular flexibility index (Phi) is 6.38. The van der Waals surface area contributed by atoms with Gasteiger partial charge in [0.05, 0.1) is 0 Å². The highest BCUT2D eigenvalue weighted by molar-refractivity contribution is 5.94. The monoisotopic (exact) mass is 387 g/mol. The maximum atomic E-state index is 12.4. The van der Waals surface area contributed by atoms with E-state index in [1.807, 2.05) is 42.5 Å². The topological polar surface area (TPSA) is 38.3 Å². The zero-order valence-corrected chi connectivity index (χ0v) is 17.6. The normalized spacial score (nSPS) is 12.3. The van der Waals surface area contributed by atoms with Crippen LogP contribution in [0, 0.1) is 0 Å². The van der Waals surface area contributed by atoms with E-state index in [1.54, 1.807) is 6.92 Å². The number of hydrogen-bond donors (Lipinski definition) is 1. The van der Waals surface area contributed by atoms with Crippen molar-refractivity contribution in [1.82, 2.24) is 0 Å². The Morgan fingerprint density at radius 3 is 2.07 bits per heavy atom. The first-order valence-corrected chi connectivity index (χ1v) is 10.1. The molecule has 0 fully saturated rings. The molecule has 150 valence electrons. The molecule has 0 bridgehead atoms. The predicted octanol–water partition coefficient (Wildman–Crippen LogP) is 5.98. The van der Waals surface area contributed by atoms with E-state index in [9.17, 15) is 4.79 Å². The number of anilines is 1. The molecule has 0 heterocycles. The zero-order valence-electron chi connectivity index (χ0n) is 17.6. The summed E-state index contributed by atoms with van der Waals surface area (Å²) in [5.74, 6) is 0.518. The van der Waals surface area contributed by atoms with Crippen molar-refractivity contribution >= 4 is 11.6 Å². The predicted molar refractivity (Wildman–Crippen MR) is 120 cm³/mol. The van der Waals surface area contributed by atoms with E-state index in [1.165, 1.54) is 16.7 Å². The molecule has 0 aliphatic carbocycles. The van der Waals surface area contributed by atoms with Crippen molar-refractivity contribution in [3.05, 3.63) is 95.6 Å². The highest BCUT2D eigenvalue weighted by Crippen LogP contribution is 2.32. The minimum atomic E-state index is -0.589. The zero-order chi connectivity index (χ0) is 20.9. The number of ether oxygens (including phenoxy) is 1. The van der Waals surface area contributed by atoms with Crippen molar-refractivity contribution in [2.45, 2.75) is 45.6 Å². The molecule has 0 saturated carbocycles. The second kappa shape index (κ2) is 8.95. The Labute approximate surface area is 173 Å². The minimum Gasteiger partial charge on any atom is -0.481 e. The standard InChI is InChI=1S/C26H29NO2/c1-5-20-11-15-23(16-12-20)27-25(28)19(2)29-24-17-13-22(14-18-24)26(3,4)21-9-7-6-8-10-21/h6-19H,5H2,1-4H3,(H,27,28). The fourth-order valence-corrected chi connectivity index (χ4v) is 3.30. The van der Waals surface area contributed by atoms with Crippen LogP contribution in [0.25, 0.3) is 0 Å². The molecule has 3 rings (SSSR count). The van der Waals surface area contributed by atoms with Crippen molar-refractivity contribution < 1.29 is 9.53 Å². The third-order valence-corrected chi connectivity index (χ3v) is 5.38. The van der Waals surface area contributed by atoms with Crippen LogP contribution in [0.2, 0.25) is 0 Å². The lowest BCUT2D eigenvalue weighted by Crippen LogP contribution is -2.30. The van der Waals surface area contributed by atoms with Gasteiger partial charge in [-0.1, -0.05) is 75.4 Å². The Hall–Kier alpha value is -3.07. The molecule has 29 heavy (non-hydrogen) atoms. The quantitative estimate of drug-likeness (QED) is 0.541. The molecule has 3 nitrogen and oxygen atoms in total. The van der Waals surface area contributed by atoms with Crippen molar-refractivity contribution in [2.75, 3.05) is 5.32 Å². The Morgan fingerprint density at radius 2 is 1.48 bits per heavy atom. The van der Waals surface area contributed by atoms with E-state index in [0.717, 1.165) is 12.1 Å². The number of carbonyl (C=O) groups excluding carboxylic acids is 1. The molecule has 0 aliphatic rings. The van der Waals surface area contributed by atoms with Gasteiger partial charge >= 0.3 is 0 Å².